The van der Waals surface area contributed by atoms with Crippen LogP contribution in [0.25, 0.3) is 0 Å². The van der Waals surface area contributed by atoms with Crippen molar-refractivity contribution in [2.45, 2.75) is 44.7 Å². The largest absolute Gasteiger partial charge is 0.305 e. The first-order valence-electron chi connectivity index (χ1n) is 5.88. The van der Waals surface area contributed by atoms with Crippen LogP contribution in [0.3, 0.4) is 0 Å². The summed E-state index contributed by atoms with van der Waals surface area (Å²) < 4.78 is 0. The molecule has 2 rings (SSSR count). The van der Waals surface area contributed by atoms with Crippen LogP contribution in [0.1, 0.15) is 44.7 Å². The van der Waals surface area contributed by atoms with Crippen molar-refractivity contribution < 1.29 is 0 Å². The standard InChI is InChI=1S/C14H20N/c1-3-14(2)11-7-10-13(15-14)12-8-5-4-6-9-12/h4-9,13,15H,3,10-11H2,1-2H3. The highest BCUT2D eigenvalue weighted by molar-refractivity contribution is 5.21. The molecule has 1 heterocycles. The maximum absolute atomic E-state index is 3.76. The smallest absolute Gasteiger partial charge is 0.0327 e. The first-order chi connectivity index (χ1) is 7.23. The fourth-order valence-corrected chi connectivity index (χ4v) is 2.26. The third-order valence-corrected chi connectivity index (χ3v) is 3.50. The molecule has 0 amide bonds. The summed E-state index contributed by atoms with van der Waals surface area (Å²) in [6, 6.07) is 11.3. The summed E-state index contributed by atoms with van der Waals surface area (Å²) in [7, 11) is 0. The van der Waals surface area contributed by atoms with Gasteiger partial charge in [0.25, 0.3) is 0 Å². The third-order valence-electron chi connectivity index (χ3n) is 3.50. The third kappa shape index (κ3) is 2.40. The Bertz CT molecular complexity index is 306. The van der Waals surface area contributed by atoms with Gasteiger partial charge in [0.05, 0.1) is 0 Å². The topological polar surface area (TPSA) is 12.0 Å². The van der Waals surface area contributed by atoms with Gasteiger partial charge in [-0.3, -0.25) is 0 Å². The van der Waals surface area contributed by atoms with E-state index in [-0.39, 0.29) is 0 Å². The fourth-order valence-electron chi connectivity index (χ4n) is 2.26. The molecule has 2 atom stereocenters. The van der Waals surface area contributed by atoms with Crippen molar-refractivity contribution >= 4 is 0 Å². The maximum Gasteiger partial charge on any atom is 0.0327 e. The second-order valence-electron chi connectivity index (χ2n) is 4.75. The average molecular weight is 202 g/mol. The summed E-state index contributed by atoms with van der Waals surface area (Å²) in [5.41, 5.74) is 1.70. The normalized spacial score (nSPS) is 31.5. The molecular formula is C14H20N. The molecule has 0 spiro atoms. The van der Waals surface area contributed by atoms with E-state index in [2.05, 4.69) is 55.9 Å². The zero-order valence-electron chi connectivity index (χ0n) is 9.66. The highest BCUT2D eigenvalue weighted by Gasteiger charge is 2.30. The van der Waals surface area contributed by atoms with Gasteiger partial charge in [0.15, 0.2) is 0 Å². The van der Waals surface area contributed by atoms with Crippen molar-refractivity contribution in [3.05, 3.63) is 42.3 Å². The monoisotopic (exact) mass is 202 g/mol. The number of piperidine rings is 1. The number of nitrogens with one attached hydrogen (secondary N) is 1. The Hall–Kier alpha value is -0.820. The lowest BCUT2D eigenvalue weighted by Crippen LogP contribution is -2.47. The molecule has 1 nitrogen and oxygen atoms in total. The molecule has 2 unspecified atom stereocenters. The van der Waals surface area contributed by atoms with Crippen molar-refractivity contribution in [3.63, 3.8) is 0 Å². The summed E-state index contributed by atoms with van der Waals surface area (Å²) in [5.74, 6) is 0. The van der Waals surface area contributed by atoms with E-state index < -0.39 is 0 Å². The SMILES string of the molecule is CCC1(C)C[CH]CC(c2ccccc2)N1. The lowest BCUT2D eigenvalue weighted by molar-refractivity contribution is 0.256. The van der Waals surface area contributed by atoms with Gasteiger partial charge in [0, 0.05) is 11.6 Å². The van der Waals surface area contributed by atoms with Crippen LogP contribution in [0.15, 0.2) is 30.3 Å². The minimum Gasteiger partial charge on any atom is -0.305 e. The predicted octanol–water partition coefficient (Wildman–Crippen LogP) is 3.48. The van der Waals surface area contributed by atoms with E-state index in [9.17, 15) is 0 Å². The minimum absolute atomic E-state index is 0.290. The lowest BCUT2D eigenvalue weighted by atomic mass is 9.83. The molecule has 1 radical (unpaired) electrons. The van der Waals surface area contributed by atoms with Crippen LogP contribution in [-0.4, -0.2) is 5.54 Å². The molecule has 1 saturated heterocycles. The molecule has 1 aromatic carbocycles. The van der Waals surface area contributed by atoms with E-state index in [1.165, 1.54) is 18.4 Å². The van der Waals surface area contributed by atoms with Crippen molar-refractivity contribution in [2.24, 2.45) is 0 Å². The van der Waals surface area contributed by atoms with Crippen LogP contribution in [0.2, 0.25) is 0 Å². The molecule has 81 valence electrons. The molecule has 1 aromatic rings. The summed E-state index contributed by atoms with van der Waals surface area (Å²) >= 11 is 0. The molecular weight excluding hydrogens is 182 g/mol. The predicted molar refractivity (Wildman–Crippen MR) is 64.5 cm³/mol. The molecule has 1 fully saturated rings. The number of rotatable bonds is 2. The first kappa shape index (κ1) is 10.7. The van der Waals surface area contributed by atoms with E-state index in [1.807, 2.05) is 0 Å². The van der Waals surface area contributed by atoms with Crippen molar-refractivity contribution in [3.8, 4) is 0 Å². The van der Waals surface area contributed by atoms with E-state index >= 15 is 0 Å². The highest BCUT2D eigenvalue weighted by atomic mass is 15.0. The van der Waals surface area contributed by atoms with Crippen LogP contribution in [0.4, 0.5) is 0 Å². The second kappa shape index (κ2) is 4.36. The Morgan fingerprint density at radius 3 is 2.73 bits per heavy atom. The fraction of sp³-hybridized carbons (Fsp3) is 0.500. The van der Waals surface area contributed by atoms with Crippen LogP contribution in [0, 0.1) is 6.42 Å². The van der Waals surface area contributed by atoms with Gasteiger partial charge in [-0.25, -0.2) is 0 Å². The minimum atomic E-state index is 0.290. The molecule has 1 N–H and O–H groups in total. The van der Waals surface area contributed by atoms with Crippen molar-refractivity contribution in [2.75, 3.05) is 0 Å². The van der Waals surface area contributed by atoms with E-state index in [1.54, 1.807) is 0 Å². The average Bonchev–Trinajstić information content (AvgIpc) is 2.30. The van der Waals surface area contributed by atoms with Crippen LogP contribution in [0.5, 0.6) is 0 Å². The molecule has 15 heavy (non-hydrogen) atoms. The van der Waals surface area contributed by atoms with E-state index in [0.717, 1.165) is 6.42 Å². The number of hydrogen-bond donors (Lipinski definition) is 1. The number of hydrogen-bond acceptors (Lipinski definition) is 1. The Morgan fingerprint density at radius 1 is 1.33 bits per heavy atom. The lowest BCUT2D eigenvalue weighted by Gasteiger charge is -2.39. The summed E-state index contributed by atoms with van der Waals surface area (Å²) in [5, 5.41) is 3.76. The molecule has 1 aliphatic heterocycles. The molecule has 0 aromatic heterocycles. The van der Waals surface area contributed by atoms with Gasteiger partial charge >= 0.3 is 0 Å². The Labute approximate surface area is 92.9 Å². The highest BCUT2D eigenvalue weighted by Crippen LogP contribution is 2.31. The Morgan fingerprint density at radius 2 is 2.07 bits per heavy atom. The van der Waals surface area contributed by atoms with Crippen molar-refractivity contribution in [1.82, 2.24) is 5.32 Å². The number of benzene rings is 1. The van der Waals surface area contributed by atoms with Crippen LogP contribution >= 0.6 is 0 Å². The second-order valence-corrected chi connectivity index (χ2v) is 4.75. The van der Waals surface area contributed by atoms with Crippen LogP contribution in [-0.2, 0) is 0 Å². The molecule has 0 bridgehead atoms. The van der Waals surface area contributed by atoms with Gasteiger partial charge in [0.1, 0.15) is 0 Å². The van der Waals surface area contributed by atoms with E-state index in [4.69, 9.17) is 0 Å². The van der Waals surface area contributed by atoms with Gasteiger partial charge in [-0.15, -0.1) is 0 Å². The summed E-state index contributed by atoms with van der Waals surface area (Å²) in [6.45, 7) is 4.58. The van der Waals surface area contributed by atoms with Gasteiger partial charge < -0.3 is 5.32 Å². The molecule has 1 aliphatic rings. The molecule has 1 heteroatoms. The van der Waals surface area contributed by atoms with Crippen LogP contribution < -0.4 is 5.32 Å². The van der Waals surface area contributed by atoms with E-state index in [0.29, 0.717) is 11.6 Å². The van der Waals surface area contributed by atoms with Gasteiger partial charge in [-0.1, -0.05) is 37.3 Å². The maximum atomic E-state index is 3.76. The Kier molecular flexibility index (Phi) is 3.11. The quantitative estimate of drug-likeness (QED) is 0.774. The van der Waals surface area contributed by atoms with Gasteiger partial charge in [-0.2, -0.15) is 0 Å². The Balaban J connectivity index is 2.11. The summed E-state index contributed by atoms with van der Waals surface area (Å²) in [4.78, 5) is 0. The zero-order valence-corrected chi connectivity index (χ0v) is 9.66. The summed E-state index contributed by atoms with van der Waals surface area (Å²) in [6.07, 6.45) is 5.96. The van der Waals surface area contributed by atoms with Gasteiger partial charge in [0.2, 0.25) is 0 Å². The molecule has 0 saturated carbocycles. The first-order valence-corrected chi connectivity index (χ1v) is 5.88. The van der Waals surface area contributed by atoms with Gasteiger partial charge in [-0.05, 0) is 38.2 Å². The van der Waals surface area contributed by atoms with Crippen molar-refractivity contribution in [1.29, 1.82) is 0 Å². The molecule has 0 aliphatic carbocycles. The zero-order chi connectivity index (χ0) is 10.7.